The summed E-state index contributed by atoms with van der Waals surface area (Å²) in [6.45, 7) is 0.309. The Kier molecular flexibility index (Phi) is 2.43. The van der Waals surface area contributed by atoms with Crippen molar-refractivity contribution in [2.45, 2.75) is 6.54 Å². The molecule has 1 aromatic heterocycles. The Morgan fingerprint density at radius 1 is 1.40 bits per heavy atom. The highest BCUT2D eigenvalue weighted by Gasteiger charge is 2.05. The van der Waals surface area contributed by atoms with Crippen LogP contribution in [0.1, 0.15) is 5.69 Å². The fourth-order valence-electron chi connectivity index (χ4n) is 1.60. The second-order valence-corrected chi connectivity index (χ2v) is 3.25. The molecule has 0 aliphatic carbocycles. The van der Waals surface area contributed by atoms with Gasteiger partial charge in [-0.15, -0.1) is 0 Å². The second-order valence-electron chi connectivity index (χ2n) is 3.25. The van der Waals surface area contributed by atoms with E-state index >= 15 is 0 Å². The predicted octanol–water partition coefficient (Wildman–Crippen LogP) is 0.995. The Morgan fingerprint density at radius 2 is 2.20 bits per heavy atom. The minimum atomic E-state index is -0.133. The quantitative estimate of drug-likeness (QED) is 0.766. The number of nitrogens with one attached hydrogen (secondary N) is 1. The van der Waals surface area contributed by atoms with Gasteiger partial charge >= 0.3 is 0 Å². The number of rotatable bonds is 2. The predicted molar refractivity (Wildman–Crippen MR) is 59.0 cm³/mol. The van der Waals surface area contributed by atoms with Crippen LogP contribution in [0.25, 0.3) is 10.8 Å². The van der Waals surface area contributed by atoms with Crippen LogP contribution in [0.4, 0.5) is 0 Å². The zero-order valence-electron chi connectivity index (χ0n) is 8.41. The van der Waals surface area contributed by atoms with Crippen molar-refractivity contribution >= 4 is 10.8 Å². The van der Waals surface area contributed by atoms with Crippen LogP contribution in [0.15, 0.2) is 29.1 Å². The van der Waals surface area contributed by atoms with Crippen LogP contribution in [-0.2, 0) is 6.54 Å². The van der Waals surface area contributed by atoms with Gasteiger partial charge in [-0.2, -0.15) is 0 Å². The van der Waals surface area contributed by atoms with Crippen molar-refractivity contribution in [3.05, 3.63) is 40.3 Å². The summed E-state index contributed by atoms with van der Waals surface area (Å²) in [5, 5.41) is 1.41. The molecule has 4 heteroatoms. The van der Waals surface area contributed by atoms with Gasteiger partial charge in [0.1, 0.15) is 5.75 Å². The molecule has 3 N–H and O–H groups in total. The van der Waals surface area contributed by atoms with Crippen LogP contribution in [0, 0.1) is 0 Å². The molecule has 2 rings (SSSR count). The molecule has 1 heterocycles. The number of aromatic nitrogens is 1. The van der Waals surface area contributed by atoms with Crippen molar-refractivity contribution in [3.8, 4) is 5.75 Å². The largest absolute Gasteiger partial charge is 0.496 e. The maximum Gasteiger partial charge on any atom is 0.256 e. The number of H-pyrrole nitrogens is 1. The third kappa shape index (κ3) is 1.59. The average Bonchev–Trinajstić information content (AvgIpc) is 2.28. The Morgan fingerprint density at radius 3 is 2.87 bits per heavy atom. The maximum absolute atomic E-state index is 11.7. The maximum atomic E-state index is 11.7. The van der Waals surface area contributed by atoms with Crippen molar-refractivity contribution < 1.29 is 4.74 Å². The van der Waals surface area contributed by atoms with E-state index in [0.29, 0.717) is 23.4 Å². The van der Waals surface area contributed by atoms with Crippen molar-refractivity contribution in [2.24, 2.45) is 5.73 Å². The molecule has 0 saturated carbocycles. The topological polar surface area (TPSA) is 68.1 Å². The van der Waals surface area contributed by atoms with Crippen molar-refractivity contribution in [3.63, 3.8) is 0 Å². The molecule has 4 nitrogen and oxygen atoms in total. The van der Waals surface area contributed by atoms with E-state index < -0.39 is 0 Å². The van der Waals surface area contributed by atoms with Gasteiger partial charge in [0.15, 0.2) is 0 Å². The number of benzene rings is 1. The number of aromatic amines is 1. The first-order valence-electron chi connectivity index (χ1n) is 4.65. The van der Waals surface area contributed by atoms with Gasteiger partial charge in [0.2, 0.25) is 0 Å². The van der Waals surface area contributed by atoms with Gasteiger partial charge in [-0.25, -0.2) is 0 Å². The summed E-state index contributed by atoms with van der Waals surface area (Å²) in [5.41, 5.74) is 6.06. The van der Waals surface area contributed by atoms with Gasteiger partial charge in [0.25, 0.3) is 5.56 Å². The molecule has 2 aromatic rings. The lowest BCUT2D eigenvalue weighted by Crippen LogP contribution is -2.12. The average molecular weight is 204 g/mol. The fraction of sp³-hybridized carbons (Fsp3) is 0.182. The highest BCUT2D eigenvalue weighted by atomic mass is 16.5. The van der Waals surface area contributed by atoms with E-state index in [1.165, 1.54) is 0 Å². The summed E-state index contributed by atoms with van der Waals surface area (Å²) in [6, 6.07) is 7.22. The smallest absolute Gasteiger partial charge is 0.256 e. The van der Waals surface area contributed by atoms with Crippen LogP contribution < -0.4 is 16.0 Å². The summed E-state index contributed by atoms with van der Waals surface area (Å²) < 4.78 is 5.19. The standard InChI is InChI=1S/C11H12N2O2/c1-15-10-4-2-3-8-9(10)5-7(6-12)13-11(8)14/h2-5H,6,12H2,1H3,(H,13,14). The number of ether oxygens (including phenoxy) is 1. The molecule has 0 fully saturated rings. The number of nitrogens with two attached hydrogens (primary N) is 1. The summed E-state index contributed by atoms with van der Waals surface area (Å²) in [6.07, 6.45) is 0. The van der Waals surface area contributed by atoms with Crippen LogP contribution in [0.2, 0.25) is 0 Å². The highest BCUT2D eigenvalue weighted by molar-refractivity contribution is 5.87. The van der Waals surface area contributed by atoms with Gasteiger partial charge in [-0.3, -0.25) is 4.79 Å². The number of hydrogen-bond acceptors (Lipinski definition) is 3. The van der Waals surface area contributed by atoms with Crippen LogP contribution >= 0.6 is 0 Å². The summed E-state index contributed by atoms with van der Waals surface area (Å²) >= 11 is 0. The zero-order valence-corrected chi connectivity index (χ0v) is 8.41. The minimum absolute atomic E-state index is 0.133. The molecule has 0 bridgehead atoms. The molecule has 0 saturated heterocycles. The molecule has 0 radical (unpaired) electrons. The van der Waals surface area contributed by atoms with Crippen molar-refractivity contribution in [2.75, 3.05) is 7.11 Å². The fourth-order valence-corrected chi connectivity index (χ4v) is 1.60. The third-order valence-electron chi connectivity index (χ3n) is 2.34. The van der Waals surface area contributed by atoms with E-state index in [1.807, 2.05) is 12.1 Å². The van der Waals surface area contributed by atoms with Crippen LogP contribution in [0.3, 0.4) is 0 Å². The van der Waals surface area contributed by atoms with Gasteiger partial charge in [0.05, 0.1) is 12.5 Å². The molecule has 0 amide bonds. The lowest BCUT2D eigenvalue weighted by molar-refractivity contribution is 0.419. The first-order chi connectivity index (χ1) is 7.26. The molecule has 0 aliphatic heterocycles. The number of pyridine rings is 1. The Hall–Kier alpha value is -1.81. The monoisotopic (exact) mass is 204 g/mol. The molecule has 78 valence electrons. The van der Waals surface area contributed by atoms with Gasteiger partial charge in [-0.1, -0.05) is 6.07 Å². The van der Waals surface area contributed by atoms with E-state index in [2.05, 4.69) is 4.98 Å². The summed E-state index contributed by atoms with van der Waals surface area (Å²) in [4.78, 5) is 14.4. The third-order valence-corrected chi connectivity index (χ3v) is 2.34. The van der Waals surface area contributed by atoms with E-state index in [-0.39, 0.29) is 5.56 Å². The lowest BCUT2D eigenvalue weighted by atomic mass is 10.1. The molecule has 0 aliphatic rings. The zero-order chi connectivity index (χ0) is 10.8. The number of methoxy groups -OCH3 is 1. The van der Waals surface area contributed by atoms with E-state index in [0.717, 1.165) is 5.39 Å². The first kappa shape index (κ1) is 9.73. The van der Waals surface area contributed by atoms with Crippen LogP contribution in [0.5, 0.6) is 5.75 Å². The normalized spacial score (nSPS) is 10.5. The molecular formula is C11H12N2O2. The SMILES string of the molecule is COc1cccc2c(=O)[nH]c(CN)cc12. The molecule has 0 atom stereocenters. The van der Waals surface area contributed by atoms with E-state index in [1.54, 1.807) is 19.2 Å². The van der Waals surface area contributed by atoms with Crippen molar-refractivity contribution in [1.29, 1.82) is 0 Å². The Bertz CT molecular complexity index is 546. The number of hydrogen-bond donors (Lipinski definition) is 2. The van der Waals surface area contributed by atoms with Gasteiger partial charge in [0, 0.05) is 17.6 Å². The number of fused-ring (bicyclic) bond motifs is 1. The Labute approximate surface area is 86.7 Å². The molecule has 1 aromatic carbocycles. The van der Waals surface area contributed by atoms with Gasteiger partial charge < -0.3 is 15.5 Å². The van der Waals surface area contributed by atoms with Gasteiger partial charge in [-0.05, 0) is 18.2 Å². The lowest BCUT2D eigenvalue weighted by Gasteiger charge is -2.05. The Balaban J connectivity index is 2.85. The van der Waals surface area contributed by atoms with Crippen LogP contribution in [-0.4, -0.2) is 12.1 Å². The summed E-state index contributed by atoms with van der Waals surface area (Å²) in [7, 11) is 1.58. The van der Waals surface area contributed by atoms with E-state index in [9.17, 15) is 4.79 Å². The molecule has 15 heavy (non-hydrogen) atoms. The molecular weight excluding hydrogens is 192 g/mol. The van der Waals surface area contributed by atoms with E-state index in [4.69, 9.17) is 10.5 Å². The molecule has 0 spiro atoms. The molecule has 0 unspecified atom stereocenters. The second kappa shape index (κ2) is 3.74. The summed E-state index contributed by atoms with van der Waals surface area (Å²) in [5.74, 6) is 0.688. The first-order valence-corrected chi connectivity index (χ1v) is 4.65. The highest BCUT2D eigenvalue weighted by Crippen LogP contribution is 2.22. The van der Waals surface area contributed by atoms with Crippen molar-refractivity contribution in [1.82, 2.24) is 4.98 Å². The minimum Gasteiger partial charge on any atom is -0.496 e.